The molecule has 0 bridgehead atoms. The van der Waals surface area contributed by atoms with Crippen LogP contribution in [0.25, 0.3) is 0 Å². The van der Waals surface area contributed by atoms with E-state index >= 15 is 0 Å². The average molecular weight is 381 g/mol. The van der Waals surface area contributed by atoms with E-state index in [9.17, 15) is 9.18 Å². The minimum Gasteiger partial charge on any atom is -0.437 e. The Morgan fingerprint density at radius 1 is 1.11 bits per heavy atom. The van der Waals surface area contributed by atoms with Gasteiger partial charge in [0.25, 0.3) is 5.91 Å². The summed E-state index contributed by atoms with van der Waals surface area (Å²) in [5.41, 5.74) is 1.22. The van der Waals surface area contributed by atoms with E-state index in [-0.39, 0.29) is 17.6 Å². The van der Waals surface area contributed by atoms with Crippen molar-refractivity contribution in [2.75, 3.05) is 13.1 Å². The number of carbonyl (C=O) groups is 1. The molecule has 7 nitrogen and oxygen atoms in total. The van der Waals surface area contributed by atoms with Crippen molar-refractivity contribution in [1.82, 2.24) is 24.6 Å². The first-order chi connectivity index (χ1) is 13.6. The molecule has 1 amide bonds. The normalized spacial score (nSPS) is 14.9. The van der Waals surface area contributed by atoms with E-state index < -0.39 is 0 Å². The monoisotopic (exact) mass is 381 g/mol. The molecule has 0 saturated carbocycles. The van der Waals surface area contributed by atoms with Crippen molar-refractivity contribution >= 4 is 5.91 Å². The molecule has 1 aromatic carbocycles. The van der Waals surface area contributed by atoms with Crippen molar-refractivity contribution in [3.63, 3.8) is 0 Å². The fourth-order valence-electron chi connectivity index (χ4n) is 3.36. The number of aromatic nitrogens is 4. The van der Waals surface area contributed by atoms with Gasteiger partial charge in [-0.15, -0.1) is 0 Å². The number of hydrogen-bond acceptors (Lipinski definition) is 5. The van der Waals surface area contributed by atoms with E-state index in [1.807, 2.05) is 4.90 Å². The van der Waals surface area contributed by atoms with Gasteiger partial charge < -0.3 is 9.64 Å². The number of rotatable bonds is 4. The Labute approximate surface area is 161 Å². The summed E-state index contributed by atoms with van der Waals surface area (Å²) >= 11 is 0. The van der Waals surface area contributed by atoms with Crippen molar-refractivity contribution in [3.8, 4) is 11.6 Å². The van der Waals surface area contributed by atoms with Gasteiger partial charge in [-0.2, -0.15) is 5.10 Å². The predicted octanol–water partition coefficient (Wildman–Crippen LogP) is 3.16. The highest BCUT2D eigenvalue weighted by Crippen LogP contribution is 2.33. The molecule has 0 radical (unpaired) electrons. The smallest absolute Gasteiger partial charge is 0.274 e. The summed E-state index contributed by atoms with van der Waals surface area (Å²) in [5.74, 6) is 0.684. The van der Waals surface area contributed by atoms with E-state index in [1.165, 1.54) is 12.1 Å². The molecule has 3 heterocycles. The Morgan fingerprint density at radius 2 is 1.82 bits per heavy atom. The van der Waals surface area contributed by atoms with Gasteiger partial charge in [-0.1, -0.05) is 0 Å². The van der Waals surface area contributed by atoms with Crippen LogP contribution in [0.3, 0.4) is 0 Å². The number of carbonyl (C=O) groups excluding carboxylic acids is 1. The SMILES string of the molecule is Cn1ccc(C(=O)N2CCC(c3nccnc3Oc3ccc(F)cc3)CC2)n1. The summed E-state index contributed by atoms with van der Waals surface area (Å²) in [5, 5.41) is 4.19. The number of benzene rings is 1. The minimum atomic E-state index is -0.323. The lowest BCUT2D eigenvalue weighted by Crippen LogP contribution is -2.38. The van der Waals surface area contributed by atoms with E-state index in [1.54, 1.807) is 48.5 Å². The average Bonchev–Trinajstić information content (AvgIpc) is 3.16. The summed E-state index contributed by atoms with van der Waals surface area (Å²) in [6.07, 6.45) is 6.49. The van der Waals surface area contributed by atoms with Crippen LogP contribution in [-0.2, 0) is 7.05 Å². The lowest BCUT2D eigenvalue weighted by Gasteiger charge is -2.31. The second kappa shape index (κ2) is 7.75. The van der Waals surface area contributed by atoms with Gasteiger partial charge in [0.2, 0.25) is 5.88 Å². The van der Waals surface area contributed by atoms with Crippen molar-refractivity contribution in [1.29, 1.82) is 0 Å². The van der Waals surface area contributed by atoms with Crippen LogP contribution >= 0.6 is 0 Å². The van der Waals surface area contributed by atoms with Crippen LogP contribution in [-0.4, -0.2) is 43.6 Å². The molecule has 1 fully saturated rings. The van der Waals surface area contributed by atoms with Gasteiger partial charge in [0, 0.05) is 44.6 Å². The van der Waals surface area contributed by atoms with Crippen LogP contribution in [0.15, 0.2) is 48.9 Å². The second-order valence-electron chi connectivity index (χ2n) is 6.74. The molecule has 0 atom stereocenters. The summed E-state index contributed by atoms with van der Waals surface area (Å²) in [6.45, 7) is 1.24. The van der Waals surface area contributed by atoms with E-state index in [0.29, 0.717) is 30.4 Å². The molecule has 1 saturated heterocycles. The fraction of sp³-hybridized carbons (Fsp3) is 0.300. The molecule has 0 unspecified atom stereocenters. The van der Waals surface area contributed by atoms with Crippen LogP contribution < -0.4 is 4.74 Å². The third-order valence-corrected chi connectivity index (χ3v) is 4.82. The van der Waals surface area contributed by atoms with Crippen LogP contribution in [0.5, 0.6) is 11.6 Å². The van der Waals surface area contributed by atoms with Gasteiger partial charge in [-0.3, -0.25) is 14.5 Å². The Kier molecular flexibility index (Phi) is 5.01. The van der Waals surface area contributed by atoms with Crippen LogP contribution in [0.4, 0.5) is 4.39 Å². The van der Waals surface area contributed by atoms with Crippen molar-refractivity contribution < 1.29 is 13.9 Å². The zero-order valence-corrected chi connectivity index (χ0v) is 15.5. The Balaban J connectivity index is 1.44. The molecule has 144 valence electrons. The molecular weight excluding hydrogens is 361 g/mol. The molecule has 0 N–H and O–H groups in total. The molecular formula is C20H20FN5O2. The first-order valence-electron chi connectivity index (χ1n) is 9.13. The van der Waals surface area contributed by atoms with Gasteiger partial charge >= 0.3 is 0 Å². The van der Waals surface area contributed by atoms with Crippen LogP contribution in [0.1, 0.15) is 34.9 Å². The third-order valence-electron chi connectivity index (χ3n) is 4.82. The maximum atomic E-state index is 13.1. The maximum absolute atomic E-state index is 13.1. The fourth-order valence-corrected chi connectivity index (χ4v) is 3.36. The van der Waals surface area contributed by atoms with Gasteiger partial charge in [0.05, 0.1) is 0 Å². The largest absolute Gasteiger partial charge is 0.437 e. The van der Waals surface area contributed by atoms with E-state index in [0.717, 1.165) is 18.5 Å². The highest BCUT2D eigenvalue weighted by molar-refractivity contribution is 5.92. The molecule has 2 aromatic heterocycles. The molecule has 1 aliphatic rings. The van der Waals surface area contributed by atoms with Gasteiger partial charge in [0.15, 0.2) is 0 Å². The topological polar surface area (TPSA) is 73.1 Å². The van der Waals surface area contributed by atoms with Gasteiger partial charge in [-0.05, 0) is 43.2 Å². The molecule has 1 aliphatic heterocycles. The number of ether oxygens (including phenoxy) is 1. The standard InChI is InChI=1S/C20H20FN5O2/c1-25-11-8-17(24-25)20(27)26-12-6-14(7-13-26)18-19(23-10-9-22-18)28-16-4-2-15(21)3-5-16/h2-5,8-11,14H,6-7,12-13H2,1H3. The van der Waals surface area contributed by atoms with E-state index in [2.05, 4.69) is 15.1 Å². The molecule has 4 rings (SSSR count). The Morgan fingerprint density at radius 3 is 2.50 bits per heavy atom. The number of hydrogen-bond donors (Lipinski definition) is 0. The van der Waals surface area contributed by atoms with Crippen molar-refractivity contribution in [3.05, 3.63) is 66.1 Å². The summed E-state index contributed by atoms with van der Waals surface area (Å²) < 4.78 is 20.6. The summed E-state index contributed by atoms with van der Waals surface area (Å²) in [7, 11) is 1.79. The van der Waals surface area contributed by atoms with Gasteiger partial charge in [-0.25, -0.2) is 9.37 Å². The third kappa shape index (κ3) is 3.85. The highest BCUT2D eigenvalue weighted by Gasteiger charge is 2.28. The quantitative estimate of drug-likeness (QED) is 0.694. The zero-order valence-electron chi connectivity index (χ0n) is 15.5. The first kappa shape index (κ1) is 18.1. The summed E-state index contributed by atoms with van der Waals surface area (Å²) in [4.78, 5) is 23.1. The number of halogens is 1. The van der Waals surface area contributed by atoms with Crippen molar-refractivity contribution in [2.45, 2.75) is 18.8 Å². The highest BCUT2D eigenvalue weighted by atomic mass is 19.1. The lowest BCUT2D eigenvalue weighted by atomic mass is 9.93. The lowest BCUT2D eigenvalue weighted by molar-refractivity contribution is 0.0705. The number of likely N-dealkylation sites (tertiary alicyclic amines) is 1. The minimum absolute atomic E-state index is 0.0546. The number of amides is 1. The van der Waals surface area contributed by atoms with Crippen molar-refractivity contribution in [2.24, 2.45) is 7.05 Å². The van der Waals surface area contributed by atoms with E-state index in [4.69, 9.17) is 4.74 Å². The van der Waals surface area contributed by atoms with Gasteiger partial charge in [0.1, 0.15) is 23.0 Å². The number of nitrogens with zero attached hydrogens (tertiary/aromatic N) is 5. The maximum Gasteiger partial charge on any atom is 0.274 e. The molecule has 8 heteroatoms. The first-order valence-corrected chi connectivity index (χ1v) is 9.13. The Hall–Kier alpha value is -3.29. The van der Waals surface area contributed by atoms with Crippen LogP contribution in [0.2, 0.25) is 0 Å². The number of aryl methyl sites for hydroxylation is 1. The molecule has 0 spiro atoms. The molecule has 0 aliphatic carbocycles. The Bertz CT molecular complexity index is 965. The zero-order chi connectivity index (χ0) is 19.5. The number of piperidine rings is 1. The summed E-state index contributed by atoms with van der Waals surface area (Å²) in [6, 6.07) is 7.52. The predicted molar refractivity (Wildman–Crippen MR) is 99.6 cm³/mol. The van der Waals surface area contributed by atoms with Crippen LogP contribution in [0, 0.1) is 5.82 Å². The second-order valence-corrected chi connectivity index (χ2v) is 6.74. The molecule has 3 aromatic rings. The molecule has 28 heavy (non-hydrogen) atoms.